The van der Waals surface area contributed by atoms with E-state index in [9.17, 15) is 4.79 Å². The smallest absolute Gasteiger partial charge is 0.321 e. The summed E-state index contributed by atoms with van der Waals surface area (Å²) in [6.07, 6.45) is 0. The topological polar surface area (TPSA) is 70.8 Å². The molecule has 2 amide bonds. The Hall–Kier alpha value is -3.32. The van der Waals surface area contributed by atoms with Gasteiger partial charge in [0.25, 0.3) is 0 Å². The van der Waals surface area contributed by atoms with Gasteiger partial charge >= 0.3 is 6.03 Å². The number of aryl methyl sites for hydroxylation is 2. The monoisotopic (exact) mass is 420 g/mol. The van der Waals surface area contributed by atoms with E-state index in [0.29, 0.717) is 19.0 Å². The van der Waals surface area contributed by atoms with E-state index < -0.39 is 0 Å². The van der Waals surface area contributed by atoms with Crippen molar-refractivity contribution in [1.29, 1.82) is 0 Å². The third-order valence-corrected chi connectivity index (χ3v) is 5.61. The minimum Gasteiger partial charge on any atom is -0.497 e. The maximum Gasteiger partial charge on any atom is 0.321 e. The molecule has 0 aliphatic carbocycles. The Kier molecular flexibility index (Phi) is 6.23. The summed E-state index contributed by atoms with van der Waals surface area (Å²) < 4.78 is 10.9. The average molecular weight is 421 g/mol. The molecule has 0 saturated carbocycles. The Morgan fingerprint density at radius 3 is 2.48 bits per heavy atom. The molecule has 1 fully saturated rings. The van der Waals surface area contributed by atoms with Crippen LogP contribution in [0.15, 0.2) is 52.9 Å². The standard InChI is InChI=1S/C24H28N4O3/c1-17-18(2)31-23(25-17)20-5-4-6-21(15-20)26-24(29)28-13-11-27(12-14-28)16-19-7-9-22(30-3)10-8-19/h4-10,15H,11-14,16H2,1-3H3,(H,26,29). The molecule has 1 aliphatic rings. The third-order valence-electron chi connectivity index (χ3n) is 5.61. The molecule has 0 unspecified atom stereocenters. The van der Waals surface area contributed by atoms with E-state index in [2.05, 4.69) is 27.3 Å². The summed E-state index contributed by atoms with van der Waals surface area (Å²) in [4.78, 5) is 21.4. The van der Waals surface area contributed by atoms with Crippen molar-refractivity contribution in [1.82, 2.24) is 14.8 Å². The van der Waals surface area contributed by atoms with Crippen molar-refractivity contribution < 1.29 is 13.9 Å². The van der Waals surface area contributed by atoms with E-state index in [0.717, 1.165) is 48.1 Å². The Labute approximate surface area is 182 Å². The molecular weight excluding hydrogens is 392 g/mol. The maximum absolute atomic E-state index is 12.8. The number of nitrogens with one attached hydrogen (secondary N) is 1. The van der Waals surface area contributed by atoms with Gasteiger partial charge in [0.15, 0.2) is 0 Å². The molecule has 7 heteroatoms. The van der Waals surface area contributed by atoms with Crippen molar-refractivity contribution >= 4 is 11.7 Å². The van der Waals surface area contributed by atoms with Gasteiger partial charge in [-0.2, -0.15) is 0 Å². The highest BCUT2D eigenvalue weighted by Crippen LogP contribution is 2.24. The fraction of sp³-hybridized carbons (Fsp3) is 0.333. The van der Waals surface area contributed by atoms with Gasteiger partial charge in [0, 0.05) is 44.0 Å². The third kappa shape index (κ3) is 5.06. The summed E-state index contributed by atoms with van der Waals surface area (Å²) in [5.41, 5.74) is 3.69. The number of amides is 2. The van der Waals surface area contributed by atoms with E-state index in [-0.39, 0.29) is 6.03 Å². The van der Waals surface area contributed by atoms with Gasteiger partial charge in [-0.25, -0.2) is 9.78 Å². The second-order valence-corrected chi connectivity index (χ2v) is 7.78. The number of rotatable bonds is 5. The highest BCUT2D eigenvalue weighted by Gasteiger charge is 2.21. The fourth-order valence-corrected chi connectivity index (χ4v) is 3.63. The second kappa shape index (κ2) is 9.22. The van der Waals surface area contributed by atoms with E-state index in [1.807, 2.05) is 55.1 Å². The SMILES string of the molecule is COc1ccc(CN2CCN(C(=O)Nc3cccc(-c4nc(C)c(C)o4)c3)CC2)cc1. The number of oxazole rings is 1. The Morgan fingerprint density at radius 2 is 1.84 bits per heavy atom. The molecule has 162 valence electrons. The number of nitrogens with zero attached hydrogens (tertiary/aromatic N) is 3. The first-order valence-electron chi connectivity index (χ1n) is 10.5. The lowest BCUT2D eigenvalue weighted by Crippen LogP contribution is -2.49. The Morgan fingerprint density at radius 1 is 1.10 bits per heavy atom. The van der Waals surface area contributed by atoms with Crippen LogP contribution in [0.4, 0.5) is 10.5 Å². The predicted octanol–water partition coefficient (Wildman–Crippen LogP) is 4.32. The van der Waals surface area contributed by atoms with Crippen molar-refractivity contribution in [3.05, 3.63) is 65.5 Å². The molecule has 0 radical (unpaired) electrons. The van der Waals surface area contributed by atoms with Crippen LogP contribution < -0.4 is 10.1 Å². The minimum atomic E-state index is -0.0824. The van der Waals surface area contributed by atoms with Crippen molar-refractivity contribution in [2.45, 2.75) is 20.4 Å². The molecule has 4 rings (SSSR count). The molecule has 2 aromatic carbocycles. The van der Waals surface area contributed by atoms with Crippen LogP contribution in [-0.2, 0) is 6.54 Å². The van der Waals surface area contributed by atoms with Gasteiger partial charge in [-0.15, -0.1) is 0 Å². The number of piperazine rings is 1. The largest absolute Gasteiger partial charge is 0.497 e. The molecule has 1 N–H and O–H groups in total. The first kappa shape index (κ1) is 20.9. The molecule has 0 spiro atoms. The quantitative estimate of drug-likeness (QED) is 0.666. The zero-order chi connectivity index (χ0) is 21.8. The van der Waals surface area contributed by atoms with Crippen molar-refractivity contribution in [3.8, 4) is 17.2 Å². The van der Waals surface area contributed by atoms with Crippen molar-refractivity contribution in [2.75, 3.05) is 38.6 Å². The van der Waals surface area contributed by atoms with Crippen molar-refractivity contribution in [3.63, 3.8) is 0 Å². The van der Waals surface area contributed by atoms with Gasteiger partial charge in [0.05, 0.1) is 12.8 Å². The van der Waals surface area contributed by atoms with Crippen LogP contribution in [0.25, 0.3) is 11.5 Å². The normalized spacial score (nSPS) is 14.5. The number of benzene rings is 2. The van der Waals surface area contributed by atoms with Crippen LogP contribution in [0.3, 0.4) is 0 Å². The fourth-order valence-electron chi connectivity index (χ4n) is 3.63. The number of ether oxygens (including phenoxy) is 1. The van der Waals surface area contributed by atoms with Gasteiger partial charge in [0.2, 0.25) is 5.89 Å². The summed E-state index contributed by atoms with van der Waals surface area (Å²) in [7, 11) is 1.67. The summed E-state index contributed by atoms with van der Waals surface area (Å²) in [6, 6.07) is 15.6. The van der Waals surface area contributed by atoms with E-state index in [1.165, 1.54) is 5.56 Å². The molecule has 1 aromatic heterocycles. The Balaban J connectivity index is 1.31. The highest BCUT2D eigenvalue weighted by molar-refractivity contribution is 5.90. The van der Waals surface area contributed by atoms with Crippen LogP contribution in [-0.4, -0.2) is 54.1 Å². The van der Waals surface area contributed by atoms with E-state index in [1.54, 1.807) is 7.11 Å². The first-order chi connectivity index (χ1) is 15.0. The van der Waals surface area contributed by atoms with Crippen LogP contribution in [0.1, 0.15) is 17.0 Å². The molecule has 0 atom stereocenters. The lowest BCUT2D eigenvalue weighted by Gasteiger charge is -2.34. The number of methoxy groups -OCH3 is 1. The highest BCUT2D eigenvalue weighted by atomic mass is 16.5. The molecule has 2 heterocycles. The number of carbonyl (C=O) groups is 1. The number of urea groups is 1. The van der Waals surface area contributed by atoms with Crippen LogP contribution in [0.2, 0.25) is 0 Å². The molecule has 3 aromatic rings. The lowest BCUT2D eigenvalue weighted by atomic mass is 10.2. The molecule has 0 bridgehead atoms. The zero-order valence-electron chi connectivity index (χ0n) is 18.2. The number of carbonyl (C=O) groups excluding carboxylic acids is 1. The van der Waals surface area contributed by atoms with Gasteiger partial charge in [-0.3, -0.25) is 4.90 Å². The second-order valence-electron chi connectivity index (χ2n) is 7.78. The lowest BCUT2D eigenvalue weighted by molar-refractivity contribution is 0.143. The van der Waals surface area contributed by atoms with Crippen LogP contribution in [0.5, 0.6) is 5.75 Å². The maximum atomic E-state index is 12.8. The number of aromatic nitrogens is 1. The average Bonchev–Trinajstić information content (AvgIpc) is 3.13. The minimum absolute atomic E-state index is 0.0824. The first-order valence-corrected chi connectivity index (χ1v) is 10.5. The van der Waals surface area contributed by atoms with E-state index >= 15 is 0 Å². The molecule has 1 aliphatic heterocycles. The van der Waals surface area contributed by atoms with Crippen LogP contribution in [0, 0.1) is 13.8 Å². The number of anilines is 1. The van der Waals surface area contributed by atoms with Crippen LogP contribution >= 0.6 is 0 Å². The number of hydrogen-bond acceptors (Lipinski definition) is 5. The van der Waals surface area contributed by atoms with Gasteiger partial charge in [0.1, 0.15) is 11.5 Å². The molecule has 31 heavy (non-hydrogen) atoms. The predicted molar refractivity (Wildman–Crippen MR) is 120 cm³/mol. The summed E-state index contributed by atoms with van der Waals surface area (Å²) >= 11 is 0. The van der Waals surface area contributed by atoms with E-state index in [4.69, 9.17) is 9.15 Å². The molecule has 1 saturated heterocycles. The summed E-state index contributed by atoms with van der Waals surface area (Å²) in [5.74, 6) is 2.23. The molecular formula is C24H28N4O3. The van der Waals surface area contributed by atoms with Gasteiger partial charge in [-0.1, -0.05) is 18.2 Å². The summed E-state index contributed by atoms with van der Waals surface area (Å²) in [5, 5.41) is 3.01. The Bertz CT molecular complexity index is 1020. The van der Waals surface area contributed by atoms with Crippen molar-refractivity contribution in [2.24, 2.45) is 0 Å². The molecule has 7 nitrogen and oxygen atoms in total. The number of hydrogen-bond donors (Lipinski definition) is 1. The van der Waals surface area contributed by atoms with Gasteiger partial charge in [-0.05, 0) is 49.7 Å². The zero-order valence-corrected chi connectivity index (χ0v) is 18.2. The van der Waals surface area contributed by atoms with Gasteiger partial charge < -0.3 is 19.4 Å². The summed E-state index contributed by atoms with van der Waals surface area (Å²) in [6.45, 7) is 7.76.